The first-order valence-electron chi connectivity index (χ1n) is 5.73. The van der Waals surface area contributed by atoms with Crippen LogP contribution in [0.15, 0.2) is 23.4 Å². The highest BCUT2D eigenvalue weighted by molar-refractivity contribution is 6.00. The van der Waals surface area contributed by atoms with Crippen molar-refractivity contribution in [3.8, 4) is 5.75 Å². The molecule has 0 aliphatic carbocycles. The number of hydrogen-bond acceptors (Lipinski definition) is 3. The number of aromatic hydroxyl groups is 1. The fraction of sp³-hybridized carbons (Fsp3) is 0.500. The van der Waals surface area contributed by atoms with Crippen LogP contribution in [0.1, 0.15) is 38.3 Å². The first kappa shape index (κ1) is 13.6. The van der Waals surface area contributed by atoms with Crippen LogP contribution in [0.25, 0.3) is 0 Å². The summed E-state index contributed by atoms with van der Waals surface area (Å²) in [5.74, 6) is 0.307. The Morgan fingerprint density at radius 3 is 2.47 bits per heavy atom. The SMILES string of the molecule is CON=C(CC(C)(C)C)c1ccc(O)c(C)c1. The first-order valence-corrected chi connectivity index (χ1v) is 5.73. The summed E-state index contributed by atoms with van der Waals surface area (Å²) in [5, 5.41) is 13.6. The summed E-state index contributed by atoms with van der Waals surface area (Å²) in [5.41, 5.74) is 2.89. The average molecular weight is 235 g/mol. The zero-order valence-corrected chi connectivity index (χ0v) is 11.2. The predicted octanol–water partition coefficient (Wildman–Crippen LogP) is 3.49. The Hall–Kier alpha value is -1.51. The van der Waals surface area contributed by atoms with Gasteiger partial charge in [0.25, 0.3) is 0 Å². The lowest BCUT2D eigenvalue weighted by Gasteiger charge is -2.19. The predicted molar refractivity (Wildman–Crippen MR) is 70.5 cm³/mol. The van der Waals surface area contributed by atoms with Crippen LogP contribution < -0.4 is 0 Å². The molecule has 3 nitrogen and oxygen atoms in total. The number of aryl methyl sites for hydroxylation is 1. The second-order valence-corrected chi connectivity index (χ2v) is 5.46. The molecule has 1 N–H and O–H groups in total. The van der Waals surface area contributed by atoms with Crippen molar-refractivity contribution >= 4 is 5.71 Å². The smallest absolute Gasteiger partial charge is 0.118 e. The summed E-state index contributed by atoms with van der Waals surface area (Å²) < 4.78 is 0. The Kier molecular flexibility index (Phi) is 4.16. The van der Waals surface area contributed by atoms with Gasteiger partial charge in [-0.2, -0.15) is 0 Å². The van der Waals surface area contributed by atoms with Crippen LogP contribution >= 0.6 is 0 Å². The summed E-state index contributed by atoms with van der Waals surface area (Å²) in [7, 11) is 1.55. The van der Waals surface area contributed by atoms with Crippen LogP contribution in [-0.4, -0.2) is 17.9 Å². The quantitative estimate of drug-likeness (QED) is 0.643. The highest BCUT2D eigenvalue weighted by Gasteiger charge is 2.17. The van der Waals surface area contributed by atoms with E-state index in [2.05, 4.69) is 25.9 Å². The van der Waals surface area contributed by atoms with Crippen LogP contribution in [-0.2, 0) is 4.84 Å². The van der Waals surface area contributed by atoms with Gasteiger partial charge in [-0.15, -0.1) is 0 Å². The molecule has 0 bridgehead atoms. The Bertz CT molecular complexity index is 417. The maximum atomic E-state index is 9.52. The lowest BCUT2D eigenvalue weighted by Crippen LogP contribution is -2.14. The van der Waals surface area contributed by atoms with Crippen molar-refractivity contribution in [2.24, 2.45) is 10.6 Å². The van der Waals surface area contributed by atoms with E-state index in [0.717, 1.165) is 23.3 Å². The van der Waals surface area contributed by atoms with Crippen LogP contribution in [0.4, 0.5) is 0 Å². The van der Waals surface area contributed by atoms with Crippen molar-refractivity contribution in [3.05, 3.63) is 29.3 Å². The number of rotatable bonds is 3. The zero-order chi connectivity index (χ0) is 13.1. The van der Waals surface area contributed by atoms with Gasteiger partial charge in [0.15, 0.2) is 0 Å². The van der Waals surface area contributed by atoms with Gasteiger partial charge < -0.3 is 9.94 Å². The molecule has 0 aliphatic rings. The Morgan fingerprint density at radius 2 is 2.00 bits per heavy atom. The summed E-state index contributed by atoms with van der Waals surface area (Å²) in [4.78, 5) is 4.90. The molecule has 1 rings (SSSR count). The van der Waals surface area contributed by atoms with Crippen LogP contribution in [0.3, 0.4) is 0 Å². The standard InChI is InChI=1S/C14H21NO2/c1-10-8-11(6-7-13(10)16)12(15-17-5)9-14(2,3)4/h6-8,16H,9H2,1-5H3. The number of oxime groups is 1. The van der Waals surface area contributed by atoms with E-state index < -0.39 is 0 Å². The second-order valence-electron chi connectivity index (χ2n) is 5.46. The van der Waals surface area contributed by atoms with Gasteiger partial charge in [-0.1, -0.05) is 25.9 Å². The van der Waals surface area contributed by atoms with Crippen molar-refractivity contribution < 1.29 is 9.94 Å². The Labute approximate surface area is 103 Å². The lowest BCUT2D eigenvalue weighted by atomic mass is 9.87. The van der Waals surface area contributed by atoms with Crippen molar-refractivity contribution in [1.82, 2.24) is 0 Å². The van der Waals surface area contributed by atoms with E-state index in [9.17, 15) is 5.11 Å². The molecule has 0 spiro atoms. The summed E-state index contributed by atoms with van der Waals surface area (Å²) in [6, 6.07) is 5.49. The lowest BCUT2D eigenvalue weighted by molar-refractivity contribution is 0.211. The molecular formula is C14H21NO2. The maximum Gasteiger partial charge on any atom is 0.118 e. The van der Waals surface area contributed by atoms with E-state index in [1.165, 1.54) is 0 Å². The normalized spacial score (nSPS) is 12.6. The topological polar surface area (TPSA) is 41.8 Å². The maximum absolute atomic E-state index is 9.52. The van der Waals surface area contributed by atoms with Crippen molar-refractivity contribution in [1.29, 1.82) is 0 Å². The number of hydrogen-bond donors (Lipinski definition) is 1. The minimum absolute atomic E-state index is 0.142. The molecule has 0 saturated carbocycles. The Balaban J connectivity index is 3.06. The fourth-order valence-corrected chi connectivity index (χ4v) is 1.63. The highest BCUT2D eigenvalue weighted by atomic mass is 16.6. The van der Waals surface area contributed by atoms with Gasteiger partial charge in [-0.3, -0.25) is 0 Å². The number of phenols is 1. The molecule has 0 radical (unpaired) electrons. The highest BCUT2D eigenvalue weighted by Crippen LogP contribution is 2.24. The van der Waals surface area contributed by atoms with E-state index in [4.69, 9.17) is 4.84 Å². The van der Waals surface area contributed by atoms with E-state index in [1.54, 1.807) is 13.2 Å². The largest absolute Gasteiger partial charge is 0.508 e. The molecule has 0 heterocycles. The molecule has 0 saturated heterocycles. The molecule has 94 valence electrons. The number of nitrogens with zero attached hydrogens (tertiary/aromatic N) is 1. The van der Waals surface area contributed by atoms with E-state index in [-0.39, 0.29) is 5.41 Å². The van der Waals surface area contributed by atoms with Gasteiger partial charge in [0.2, 0.25) is 0 Å². The second kappa shape index (κ2) is 5.21. The third kappa shape index (κ3) is 4.10. The monoisotopic (exact) mass is 235 g/mol. The van der Waals surface area contributed by atoms with Crippen molar-refractivity contribution in [3.63, 3.8) is 0 Å². The third-order valence-electron chi connectivity index (χ3n) is 2.43. The van der Waals surface area contributed by atoms with E-state index in [1.807, 2.05) is 19.1 Å². The number of benzene rings is 1. The van der Waals surface area contributed by atoms with E-state index in [0.29, 0.717) is 5.75 Å². The molecule has 17 heavy (non-hydrogen) atoms. The van der Waals surface area contributed by atoms with Gasteiger partial charge in [0.05, 0.1) is 5.71 Å². The molecule has 0 aromatic heterocycles. The molecule has 0 atom stereocenters. The summed E-state index contributed by atoms with van der Waals surface area (Å²) >= 11 is 0. The molecule has 1 aromatic carbocycles. The van der Waals surface area contributed by atoms with Gasteiger partial charge in [0, 0.05) is 0 Å². The zero-order valence-electron chi connectivity index (χ0n) is 11.2. The molecule has 1 aromatic rings. The minimum atomic E-state index is 0.142. The fourth-order valence-electron chi connectivity index (χ4n) is 1.63. The summed E-state index contributed by atoms with van der Waals surface area (Å²) in [6.45, 7) is 8.35. The minimum Gasteiger partial charge on any atom is -0.508 e. The average Bonchev–Trinajstić information content (AvgIpc) is 2.19. The van der Waals surface area contributed by atoms with Gasteiger partial charge >= 0.3 is 0 Å². The van der Waals surface area contributed by atoms with Crippen LogP contribution in [0.2, 0.25) is 0 Å². The molecule has 0 aliphatic heterocycles. The first-order chi connectivity index (χ1) is 7.83. The molecule has 3 heteroatoms. The molecule has 0 fully saturated rings. The number of phenolic OH excluding ortho intramolecular Hbond substituents is 1. The van der Waals surface area contributed by atoms with Gasteiger partial charge in [-0.05, 0) is 48.1 Å². The molecular weight excluding hydrogens is 214 g/mol. The van der Waals surface area contributed by atoms with Crippen molar-refractivity contribution in [2.45, 2.75) is 34.1 Å². The van der Waals surface area contributed by atoms with Crippen molar-refractivity contribution in [2.75, 3.05) is 7.11 Å². The van der Waals surface area contributed by atoms with Crippen LogP contribution in [0.5, 0.6) is 5.75 Å². The van der Waals surface area contributed by atoms with Gasteiger partial charge in [-0.25, -0.2) is 0 Å². The van der Waals surface area contributed by atoms with E-state index >= 15 is 0 Å². The molecule has 0 unspecified atom stereocenters. The molecule has 0 amide bonds. The third-order valence-corrected chi connectivity index (χ3v) is 2.43. The summed E-state index contributed by atoms with van der Waals surface area (Å²) in [6.07, 6.45) is 0.824. The Morgan fingerprint density at radius 1 is 1.35 bits per heavy atom. The van der Waals surface area contributed by atoms with Crippen LogP contribution in [0, 0.1) is 12.3 Å². The van der Waals surface area contributed by atoms with Gasteiger partial charge in [0.1, 0.15) is 12.9 Å².